The minimum absolute atomic E-state index is 1.01. The van der Waals surface area contributed by atoms with Crippen molar-refractivity contribution in [2.24, 2.45) is 0 Å². The van der Waals surface area contributed by atoms with E-state index in [9.17, 15) is 9.59 Å². The van der Waals surface area contributed by atoms with Crippen LogP contribution in [0.15, 0.2) is 0 Å². The zero-order chi connectivity index (χ0) is 6.57. The normalized spacial score (nSPS) is 16.8. The molecule has 2 atom stereocenters. The smallest absolute Gasteiger partial charge is 0.232 e. The Bertz CT molecular complexity index is 78.0. The number of hydrogen-bond donors (Lipinski definition) is 2. The van der Waals surface area contributed by atoms with E-state index in [0.29, 0.717) is 0 Å². The lowest BCUT2D eigenvalue weighted by atomic mass is 10.2. The summed E-state index contributed by atoms with van der Waals surface area (Å²) >= 11 is 0. The average molecular weight is 116 g/mol. The van der Waals surface area contributed by atoms with Crippen molar-refractivity contribution in [3.63, 3.8) is 0 Å². The van der Waals surface area contributed by atoms with Crippen molar-refractivity contribution in [3.8, 4) is 0 Å². The molecule has 0 amide bonds. The van der Waals surface area contributed by atoms with Crippen LogP contribution >= 0.6 is 0 Å². The molecule has 0 fully saturated rings. The van der Waals surface area contributed by atoms with Gasteiger partial charge in [-0.05, 0) is 0 Å². The van der Waals surface area contributed by atoms with Gasteiger partial charge in [-0.25, -0.2) is 0 Å². The Morgan fingerprint density at radius 1 is 1.00 bits per heavy atom. The summed E-state index contributed by atoms with van der Waals surface area (Å²) in [5.41, 5.74) is 0. The largest absolute Gasteiger partial charge is 0.382 e. The van der Waals surface area contributed by atoms with Crippen LogP contribution in [0.3, 0.4) is 0 Å². The highest BCUT2D eigenvalue weighted by Gasteiger charge is 2.14. The number of carbonyl (C=O) groups excluding carboxylic acids is 2. The van der Waals surface area contributed by atoms with Gasteiger partial charge in [0.25, 0.3) is 0 Å². The molecule has 0 heterocycles. The quantitative estimate of drug-likeness (QED) is 0.444. The molecule has 0 aromatic heterocycles. The van der Waals surface area contributed by atoms with Crippen molar-refractivity contribution in [2.45, 2.75) is 12.2 Å². The van der Waals surface area contributed by atoms with Gasteiger partial charge in [0.2, 0.25) is 12.6 Å². The van der Waals surface area contributed by atoms with Crippen LogP contribution < -0.4 is 0 Å². The third-order valence-corrected chi connectivity index (χ3v) is 0.541. The first kappa shape index (κ1) is 7.26. The van der Waals surface area contributed by atoms with Crippen LogP contribution in [0.1, 0.15) is 0 Å². The summed E-state index contributed by atoms with van der Waals surface area (Å²) in [6.07, 6.45) is -1.50. The third kappa shape index (κ3) is 1.81. The highest BCUT2D eigenvalue weighted by molar-refractivity contribution is 5.68. The summed E-state index contributed by atoms with van der Waals surface area (Å²) in [5.74, 6) is 0. The molecule has 2 N–H and O–H groups in total. The molecule has 0 rings (SSSR count). The fraction of sp³-hybridized carbons (Fsp3) is 0.500. The standard InChI is InChI=1S/C4H4O4/c5-1-3(7)4(8)2-6/h3-4,7-8H/t3-,4-/m1/s1. The predicted octanol–water partition coefficient (Wildman–Crippen LogP) is -2.07. The Kier molecular flexibility index (Phi) is 2.98. The monoisotopic (exact) mass is 116 g/mol. The number of hydrogen-bond acceptors (Lipinski definition) is 4. The van der Waals surface area contributed by atoms with E-state index in [4.69, 9.17) is 10.2 Å². The maximum atomic E-state index is 9.39. The van der Waals surface area contributed by atoms with Crippen molar-refractivity contribution >= 4 is 12.6 Å². The van der Waals surface area contributed by atoms with E-state index in [2.05, 4.69) is 0 Å². The highest BCUT2D eigenvalue weighted by Crippen LogP contribution is 1.82. The summed E-state index contributed by atoms with van der Waals surface area (Å²) in [6.45, 7) is 0. The van der Waals surface area contributed by atoms with Gasteiger partial charge in [-0.3, -0.25) is 9.59 Å². The Hall–Kier alpha value is -0.740. The Balaban J connectivity index is 3.60. The Morgan fingerprint density at radius 3 is 1.38 bits per heavy atom. The van der Waals surface area contributed by atoms with E-state index in [1.165, 1.54) is 0 Å². The van der Waals surface area contributed by atoms with Crippen molar-refractivity contribution in [3.05, 3.63) is 0 Å². The van der Waals surface area contributed by atoms with E-state index in [1.807, 2.05) is 0 Å². The molecule has 0 aliphatic rings. The van der Waals surface area contributed by atoms with Gasteiger partial charge in [-0.15, -0.1) is 0 Å². The summed E-state index contributed by atoms with van der Waals surface area (Å²) in [4.78, 5) is 18.8. The van der Waals surface area contributed by atoms with E-state index in [0.717, 1.165) is 12.6 Å². The molecule has 0 aliphatic carbocycles. The molecule has 0 aromatic rings. The van der Waals surface area contributed by atoms with Crippen molar-refractivity contribution in [2.75, 3.05) is 0 Å². The van der Waals surface area contributed by atoms with Gasteiger partial charge < -0.3 is 10.2 Å². The molecular formula is C4H4O4. The molecule has 0 saturated heterocycles. The first-order valence-corrected chi connectivity index (χ1v) is 1.84. The van der Waals surface area contributed by atoms with E-state index in [1.54, 1.807) is 0 Å². The number of rotatable bonds is 3. The second-order valence-corrected chi connectivity index (χ2v) is 1.13. The van der Waals surface area contributed by atoms with Crippen LogP contribution in [0.25, 0.3) is 0 Å². The molecule has 0 saturated carbocycles. The van der Waals surface area contributed by atoms with Crippen LogP contribution in [0.2, 0.25) is 0 Å². The average Bonchev–Trinajstić information content (AvgIpc) is 1.84. The minimum Gasteiger partial charge on any atom is -0.382 e. The van der Waals surface area contributed by atoms with Gasteiger partial charge in [0, 0.05) is 0 Å². The fourth-order valence-corrected chi connectivity index (χ4v) is 0.129. The first-order chi connectivity index (χ1) is 3.72. The molecule has 0 bridgehead atoms. The van der Waals surface area contributed by atoms with Crippen LogP contribution in [-0.2, 0) is 9.59 Å². The SMILES string of the molecule is O=[C][C@@H](O)[C@H](O)[C]=O. The van der Waals surface area contributed by atoms with Gasteiger partial charge in [0.05, 0.1) is 0 Å². The number of aliphatic hydroxyl groups excluding tert-OH is 2. The lowest BCUT2D eigenvalue weighted by molar-refractivity contribution is 0.101. The van der Waals surface area contributed by atoms with Gasteiger partial charge in [0.15, 0.2) is 12.2 Å². The topological polar surface area (TPSA) is 74.6 Å². The van der Waals surface area contributed by atoms with E-state index < -0.39 is 12.2 Å². The van der Waals surface area contributed by atoms with E-state index in [-0.39, 0.29) is 0 Å². The van der Waals surface area contributed by atoms with Gasteiger partial charge in [-0.1, -0.05) is 0 Å². The first-order valence-electron chi connectivity index (χ1n) is 1.84. The molecule has 0 aromatic carbocycles. The molecule has 0 spiro atoms. The molecule has 8 heavy (non-hydrogen) atoms. The van der Waals surface area contributed by atoms with Crippen LogP contribution in [0, 0.1) is 0 Å². The van der Waals surface area contributed by atoms with Crippen LogP contribution in [0.5, 0.6) is 0 Å². The number of aliphatic hydroxyl groups is 2. The summed E-state index contributed by atoms with van der Waals surface area (Å²) in [6, 6.07) is 0. The molecule has 44 valence electrons. The Morgan fingerprint density at radius 2 is 1.25 bits per heavy atom. The van der Waals surface area contributed by atoms with Gasteiger partial charge in [0.1, 0.15) is 0 Å². The molecule has 2 radical (unpaired) electrons. The van der Waals surface area contributed by atoms with Gasteiger partial charge >= 0.3 is 0 Å². The van der Waals surface area contributed by atoms with Crippen LogP contribution in [-0.4, -0.2) is 35.0 Å². The van der Waals surface area contributed by atoms with Crippen molar-refractivity contribution in [1.29, 1.82) is 0 Å². The lowest BCUT2D eigenvalue weighted by Gasteiger charge is -1.99. The second kappa shape index (κ2) is 3.29. The zero-order valence-electron chi connectivity index (χ0n) is 3.87. The van der Waals surface area contributed by atoms with Crippen molar-refractivity contribution in [1.82, 2.24) is 0 Å². The third-order valence-electron chi connectivity index (χ3n) is 0.541. The van der Waals surface area contributed by atoms with E-state index >= 15 is 0 Å². The predicted molar refractivity (Wildman–Crippen MR) is 23.4 cm³/mol. The molecular weight excluding hydrogens is 112 g/mol. The van der Waals surface area contributed by atoms with Crippen molar-refractivity contribution < 1.29 is 19.8 Å². The molecule has 4 heteroatoms. The summed E-state index contributed by atoms with van der Waals surface area (Å²) < 4.78 is 0. The molecule has 0 unspecified atom stereocenters. The van der Waals surface area contributed by atoms with Gasteiger partial charge in [-0.2, -0.15) is 0 Å². The highest BCUT2D eigenvalue weighted by atomic mass is 16.3. The Labute approximate surface area is 45.7 Å². The lowest BCUT2D eigenvalue weighted by Crippen LogP contribution is -2.27. The maximum absolute atomic E-state index is 9.39. The summed E-state index contributed by atoms with van der Waals surface area (Å²) in [5, 5.41) is 16.4. The maximum Gasteiger partial charge on any atom is 0.232 e. The fourth-order valence-electron chi connectivity index (χ4n) is 0.129. The zero-order valence-corrected chi connectivity index (χ0v) is 3.87. The molecule has 4 nitrogen and oxygen atoms in total. The summed E-state index contributed by atoms with van der Waals surface area (Å²) in [7, 11) is 0. The van der Waals surface area contributed by atoms with Crippen LogP contribution in [0.4, 0.5) is 0 Å². The minimum atomic E-state index is -1.76. The molecule has 0 aliphatic heterocycles. The second-order valence-electron chi connectivity index (χ2n) is 1.13.